The molecule has 7 heteroatoms. The zero-order valence-corrected chi connectivity index (χ0v) is 15.2. The van der Waals surface area contributed by atoms with Crippen LogP contribution < -0.4 is 5.56 Å². The van der Waals surface area contributed by atoms with Gasteiger partial charge in [0, 0.05) is 36.8 Å². The van der Waals surface area contributed by atoms with Gasteiger partial charge >= 0.3 is 6.18 Å². The zero-order chi connectivity index (χ0) is 19.2. The van der Waals surface area contributed by atoms with Gasteiger partial charge in [0.05, 0.1) is 6.54 Å². The van der Waals surface area contributed by atoms with E-state index >= 15 is 0 Å². The monoisotopic (exact) mass is 380 g/mol. The maximum Gasteiger partial charge on any atom is 0.449 e. The van der Waals surface area contributed by atoms with Crippen LogP contribution in [-0.2, 0) is 12.7 Å². The van der Waals surface area contributed by atoms with Crippen molar-refractivity contribution < 1.29 is 17.6 Å². The van der Waals surface area contributed by atoms with E-state index in [1.165, 1.54) is 6.07 Å². The van der Waals surface area contributed by atoms with Crippen LogP contribution in [0, 0.1) is 5.92 Å². The maximum atomic E-state index is 12.8. The highest BCUT2D eigenvalue weighted by Crippen LogP contribution is 2.43. The number of rotatable bonds is 4. The van der Waals surface area contributed by atoms with Crippen LogP contribution in [0.1, 0.15) is 55.4 Å². The Labute approximate surface area is 155 Å². The Hall–Kier alpha value is -2.02. The second-order valence-corrected chi connectivity index (χ2v) is 7.67. The molecule has 2 aliphatic rings. The third-order valence-electron chi connectivity index (χ3n) is 5.78. The Morgan fingerprint density at radius 3 is 2.70 bits per heavy atom. The third-order valence-corrected chi connectivity index (χ3v) is 5.78. The van der Waals surface area contributed by atoms with Gasteiger partial charge in [-0.15, -0.1) is 0 Å². The van der Waals surface area contributed by atoms with Gasteiger partial charge in [-0.05, 0) is 37.0 Å². The normalized spacial score (nSPS) is 25.4. The fourth-order valence-corrected chi connectivity index (χ4v) is 4.77. The molecular formula is C20H23F3N2O2. The van der Waals surface area contributed by atoms with Gasteiger partial charge in [0.15, 0.2) is 0 Å². The van der Waals surface area contributed by atoms with Crippen LogP contribution in [0.25, 0.3) is 0 Å². The van der Waals surface area contributed by atoms with Crippen LogP contribution in [0.15, 0.2) is 39.5 Å². The largest absolute Gasteiger partial charge is 0.455 e. The lowest BCUT2D eigenvalue weighted by molar-refractivity contribution is -0.153. The first-order valence-electron chi connectivity index (χ1n) is 9.46. The van der Waals surface area contributed by atoms with Crippen molar-refractivity contribution in [2.75, 3.05) is 13.1 Å². The van der Waals surface area contributed by atoms with E-state index in [1.807, 2.05) is 10.6 Å². The van der Waals surface area contributed by atoms with Crippen LogP contribution in [0.4, 0.5) is 13.2 Å². The molecule has 0 N–H and O–H groups in total. The number of alkyl halides is 3. The Morgan fingerprint density at radius 2 is 2.00 bits per heavy atom. The molecule has 146 valence electrons. The molecule has 2 aromatic rings. The van der Waals surface area contributed by atoms with Crippen LogP contribution >= 0.6 is 0 Å². The fourth-order valence-electron chi connectivity index (χ4n) is 4.77. The van der Waals surface area contributed by atoms with E-state index < -0.39 is 11.9 Å². The summed E-state index contributed by atoms with van der Waals surface area (Å²) in [5.74, 6) is -0.0635. The Bertz CT molecular complexity index is 871. The molecule has 1 fully saturated rings. The topological polar surface area (TPSA) is 38.4 Å². The second kappa shape index (κ2) is 6.86. The maximum absolute atomic E-state index is 12.8. The molecule has 1 saturated heterocycles. The number of likely N-dealkylation sites (tertiary alicyclic amines) is 1. The van der Waals surface area contributed by atoms with E-state index in [1.54, 1.807) is 12.1 Å². The van der Waals surface area contributed by atoms with E-state index in [-0.39, 0.29) is 17.5 Å². The summed E-state index contributed by atoms with van der Waals surface area (Å²) < 4.78 is 45.3. The second-order valence-electron chi connectivity index (χ2n) is 7.67. The van der Waals surface area contributed by atoms with E-state index in [0.29, 0.717) is 18.2 Å². The number of furan rings is 1. The van der Waals surface area contributed by atoms with Crippen LogP contribution in [0.5, 0.6) is 0 Å². The molecule has 4 nitrogen and oxygen atoms in total. The van der Waals surface area contributed by atoms with Crippen LogP contribution in [-0.4, -0.2) is 22.6 Å². The molecule has 0 aromatic carbocycles. The Morgan fingerprint density at radius 1 is 1.19 bits per heavy atom. The van der Waals surface area contributed by atoms with Crippen molar-refractivity contribution in [1.82, 2.24) is 9.47 Å². The zero-order valence-electron chi connectivity index (χ0n) is 15.2. The summed E-state index contributed by atoms with van der Waals surface area (Å²) in [5.41, 5.74) is 1.10. The molecule has 0 radical (unpaired) electrons. The summed E-state index contributed by atoms with van der Waals surface area (Å²) in [4.78, 5) is 14.6. The average molecular weight is 380 g/mol. The molecule has 4 heterocycles. The predicted molar refractivity (Wildman–Crippen MR) is 94.5 cm³/mol. The summed E-state index contributed by atoms with van der Waals surface area (Å²) in [6.45, 7) is 3.96. The first kappa shape index (κ1) is 18.3. The van der Waals surface area contributed by atoms with Crippen molar-refractivity contribution in [3.05, 3.63) is 57.9 Å². The summed E-state index contributed by atoms with van der Waals surface area (Å²) >= 11 is 0. The molecule has 4 rings (SSSR count). The Balaban J connectivity index is 1.58. The number of aromatic nitrogens is 1. The molecule has 0 aliphatic carbocycles. The van der Waals surface area contributed by atoms with Crippen molar-refractivity contribution in [2.24, 2.45) is 5.92 Å². The van der Waals surface area contributed by atoms with E-state index in [4.69, 9.17) is 4.42 Å². The Kier molecular flexibility index (Phi) is 4.66. The minimum atomic E-state index is -4.46. The van der Waals surface area contributed by atoms with Crippen LogP contribution in [0.3, 0.4) is 0 Å². The molecule has 0 saturated carbocycles. The van der Waals surface area contributed by atoms with Crippen molar-refractivity contribution in [3.63, 3.8) is 0 Å². The number of hydrogen-bond acceptors (Lipinski definition) is 3. The van der Waals surface area contributed by atoms with Crippen molar-refractivity contribution in [3.8, 4) is 0 Å². The summed E-state index contributed by atoms with van der Waals surface area (Å²) in [7, 11) is 0. The smallest absolute Gasteiger partial charge is 0.449 e. The van der Waals surface area contributed by atoms with Crippen LogP contribution in [0.2, 0.25) is 0 Å². The van der Waals surface area contributed by atoms with Gasteiger partial charge in [0.2, 0.25) is 5.76 Å². The van der Waals surface area contributed by atoms with Crippen molar-refractivity contribution in [1.29, 1.82) is 0 Å². The number of pyridine rings is 1. The van der Waals surface area contributed by atoms with Gasteiger partial charge in [-0.2, -0.15) is 13.2 Å². The number of nitrogens with zero attached hydrogens (tertiary/aromatic N) is 2. The molecule has 2 aliphatic heterocycles. The SMILES string of the molecule is CCC[C@H]1[C@H]2C[C@H](CN(Cc3ccc(C(F)(F)F)o3)C2)c2cccc(=O)n21. The third kappa shape index (κ3) is 3.45. The van der Waals surface area contributed by atoms with E-state index in [0.717, 1.165) is 44.1 Å². The highest BCUT2D eigenvalue weighted by molar-refractivity contribution is 5.19. The molecule has 0 amide bonds. The number of halogens is 3. The predicted octanol–water partition coefficient (Wildman–Crippen LogP) is 4.42. The quantitative estimate of drug-likeness (QED) is 0.788. The van der Waals surface area contributed by atoms with Crippen molar-refractivity contribution in [2.45, 2.75) is 50.9 Å². The van der Waals surface area contributed by atoms with Gasteiger partial charge in [-0.3, -0.25) is 9.69 Å². The molecule has 27 heavy (non-hydrogen) atoms. The van der Waals surface area contributed by atoms with Gasteiger partial charge in [-0.25, -0.2) is 0 Å². The number of hydrogen-bond donors (Lipinski definition) is 0. The number of piperidine rings is 1. The van der Waals surface area contributed by atoms with E-state index in [2.05, 4.69) is 11.8 Å². The average Bonchev–Trinajstić information content (AvgIpc) is 3.08. The van der Waals surface area contributed by atoms with E-state index in [9.17, 15) is 18.0 Å². The first-order chi connectivity index (χ1) is 12.9. The molecular weight excluding hydrogens is 357 g/mol. The molecule has 2 bridgehead atoms. The molecule has 2 aromatic heterocycles. The fraction of sp³-hybridized carbons (Fsp3) is 0.550. The van der Waals surface area contributed by atoms with Gasteiger partial charge in [0.1, 0.15) is 5.76 Å². The summed E-state index contributed by atoms with van der Waals surface area (Å²) in [6.07, 6.45) is -1.51. The summed E-state index contributed by atoms with van der Waals surface area (Å²) in [5, 5.41) is 0. The highest BCUT2D eigenvalue weighted by atomic mass is 19.4. The molecule has 0 spiro atoms. The molecule has 3 atom stereocenters. The summed E-state index contributed by atoms with van der Waals surface area (Å²) in [6, 6.07) is 8.00. The van der Waals surface area contributed by atoms with Gasteiger partial charge in [-0.1, -0.05) is 19.4 Å². The van der Waals surface area contributed by atoms with Gasteiger partial charge in [0.25, 0.3) is 5.56 Å². The first-order valence-corrected chi connectivity index (χ1v) is 9.46. The highest BCUT2D eigenvalue weighted by Gasteiger charge is 2.40. The van der Waals surface area contributed by atoms with Gasteiger partial charge < -0.3 is 8.98 Å². The lowest BCUT2D eigenvalue weighted by Crippen LogP contribution is -2.49. The minimum absolute atomic E-state index is 0.0509. The lowest BCUT2D eigenvalue weighted by atomic mass is 9.77. The van der Waals surface area contributed by atoms with Crippen molar-refractivity contribution >= 4 is 0 Å². The lowest BCUT2D eigenvalue weighted by Gasteiger charge is -2.47. The standard InChI is InChI=1S/C20H23F3N2O2/c1-2-4-16-13-9-14(17-5-3-6-19(26)25(16)17)11-24(10-13)12-15-7-8-18(27-15)20(21,22)23/h3,5-8,13-14,16H,2,4,9-12H2,1H3/t13-,14+,16-/m0/s1. The molecule has 0 unspecified atom stereocenters. The number of fused-ring (bicyclic) bond motifs is 4. The minimum Gasteiger partial charge on any atom is -0.455 e.